The molecule has 0 bridgehead atoms. The third kappa shape index (κ3) is 3.47. The second kappa shape index (κ2) is 7.02. The smallest absolute Gasteiger partial charge is 0.255 e. The quantitative estimate of drug-likeness (QED) is 0.751. The van der Waals surface area contributed by atoms with E-state index in [0.717, 1.165) is 5.56 Å². The second-order valence-electron chi connectivity index (χ2n) is 5.19. The molecule has 1 amide bonds. The molecule has 3 rings (SSSR count). The Hall–Kier alpha value is -3.05. The molecule has 2 N–H and O–H groups in total. The van der Waals surface area contributed by atoms with E-state index in [1.165, 1.54) is 0 Å². The number of aliphatic hydroxyl groups excluding tert-OH is 1. The fourth-order valence-corrected chi connectivity index (χ4v) is 2.34. The summed E-state index contributed by atoms with van der Waals surface area (Å²) in [5.74, 6) is 1.54. The lowest BCUT2D eigenvalue weighted by Gasteiger charge is -2.08. The predicted molar refractivity (Wildman–Crippen MR) is 91.0 cm³/mol. The highest BCUT2D eigenvalue weighted by Crippen LogP contribution is 2.25. The third-order valence-electron chi connectivity index (χ3n) is 3.55. The van der Waals surface area contributed by atoms with E-state index in [-0.39, 0.29) is 12.5 Å². The number of aliphatic hydroxyl groups is 1. The van der Waals surface area contributed by atoms with Crippen molar-refractivity contribution >= 4 is 11.6 Å². The molecule has 2 aromatic carbocycles. The van der Waals surface area contributed by atoms with Crippen LogP contribution in [0.5, 0.6) is 5.75 Å². The first-order valence-corrected chi connectivity index (χ1v) is 7.45. The van der Waals surface area contributed by atoms with Crippen molar-refractivity contribution in [1.29, 1.82) is 0 Å². The van der Waals surface area contributed by atoms with Crippen molar-refractivity contribution in [2.45, 2.75) is 6.61 Å². The molecule has 0 radical (unpaired) electrons. The Morgan fingerprint density at radius 2 is 1.96 bits per heavy atom. The third-order valence-corrected chi connectivity index (χ3v) is 3.55. The first-order chi connectivity index (χ1) is 11.7. The van der Waals surface area contributed by atoms with E-state index in [1.54, 1.807) is 49.6 Å². The molecule has 0 aliphatic heterocycles. The van der Waals surface area contributed by atoms with Gasteiger partial charge in [0.15, 0.2) is 0 Å². The molecule has 0 aliphatic carbocycles. The minimum absolute atomic E-state index is 0.147. The zero-order valence-corrected chi connectivity index (χ0v) is 13.2. The monoisotopic (exact) mass is 323 g/mol. The maximum atomic E-state index is 12.4. The molecule has 122 valence electrons. The van der Waals surface area contributed by atoms with Crippen molar-refractivity contribution in [3.8, 4) is 17.1 Å². The number of carbonyl (C=O) groups excluding carboxylic acids is 1. The Kier molecular flexibility index (Phi) is 4.63. The zero-order valence-electron chi connectivity index (χ0n) is 13.2. The minimum Gasteiger partial charge on any atom is -0.497 e. The SMILES string of the molecule is COc1cccc(C(=O)Nc2cccc(-c3ccc(CO)o3)c2)c1. The van der Waals surface area contributed by atoms with E-state index in [1.807, 2.05) is 18.2 Å². The van der Waals surface area contributed by atoms with E-state index in [9.17, 15) is 4.79 Å². The van der Waals surface area contributed by atoms with Crippen molar-refractivity contribution in [3.05, 3.63) is 72.0 Å². The van der Waals surface area contributed by atoms with Crippen molar-refractivity contribution < 1.29 is 19.1 Å². The molecule has 0 saturated heterocycles. The molecule has 3 aromatic rings. The number of nitrogens with one attached hydrogen (secondary N) is 1. The molecule has 24 heavy (non-hydrogen) atoms. The van der Waals surface area contributed by atoms with E-state index in [0.29, 0.717) is 28.5 Å². The van der Waals surface area contributed by atoms with Crippen LogP contribution in [0.15, 0.2) is 65.1 Å². The summed E-state index contributed by atoms with van der Waals surface area (Å²) in [7, 11) is 1.56. The molecule has 0 aliphatic rings. The number of hydrogen-bond donors (Lipinski definition) is 2. The fourth-order valence-electron chi connectivity index (χ4n) is 2.34. The van der Waals surface area contributed by atoms with Gasteiger partial charge in [-0.2, -0.15) is 0 Å². The van der Waals surface area contributed by atoms with Crippen LogP contribution in [-0.2, 0) is 6.61 Å². The first-order valence-electron chi connectivity index (χ1n) is 7.45. The van der Waals surface area contributed by atoms with Crippen LogP contribution in [-0.4, -0.2) is 18.1 Å². The maximum absolute atomic E-state index is 12.4. The molecule has 1 aromatic heterocycles. The Labute approximate surface area is 139 Å². The minimum atomic E-state index is -0.221. The number of hydrogen-bond acceptors (Lipinski definition) is 4. The standard InChI is InChI=1S/C19H17NO4/c1-23-16-7-3-5-14(11-16)19(22)20-15-6-2-4-13(10-15)18-9-8-17(12-21)24-18/h2-11,21H,12H2,1H3,(H,20,22). The Morgan fingerprint density at radius 1 is 1.12 bits per heavy atom. The number of carbonyl (C=O) groups is 1. The number of methoxy groups -OCH3 is 1. The van der Waals surface area contributed by atoms with Gasteiger partial charge in [0.2, 0.25) is 0 Å². The van der Waals surface area contributed by atoms with Crippen LogP contribution in [0.2, 0.25) is 0 Å². The average Bonchev–Trinajstić information content (AvgIpc) is 3.11. The van der Waals surface area contributed by atoms with Gasteiger partial charge in [-0.15, -0.1) is 0 Å². The number of benzene rings is 2. The van der Waals surface area contributed by atoms with E-state index in [4.69, 9.17) is 14.3 Å². The average molecular weight is 323 g/mol. The van der Waals surface area contributed by atoms with Gasteiger partial charge in [0.05, 0.1) is 7.11 Å². The van der Waals surface area contributed by atoms with Gasteiger partial charge in [-0.05, 0) is 42.5 Å². The van der Waals surface area contributed by atoms with Crippen molar-refractivity contribution in [2.75, 3.05) is 12.4 Å². The summed E-state index contributed by atoms with van der Waals surface area (Å²) >= 11 is 0. The van der Waals surface area contributed by atoms with E-state index in [2.05, 4.69) is 5.32 Å². The summed E-state index contributed by atoms with van der Waals surface area (Å²) in [5, 5.41) is 11.9. The molecule has 5 heteroatoms. The molecular formula is C19H17NO4. The summed E-state index contributed by atoms with van der Waals surface area (Å²) in [6, 6.07) is 17.8. The Bertz CT molecular complexity index is 854. The lowest BCUT2D eigenvalue weighted by Crippen LogP contribution is -2.11. The van der Waals surface area contributed by atoms with E-state index >= 15 is 0 Å². The second-order valence-corrected chi connectivity index (χ2v) is 5.19. The van der Waals surface area contributed by atoms with Crippen LogP contribution < -0.4 is 10.1 Å². The molecule has 0 unspecified atom stereocenters. The van der Waals surface area contributed by atoms with Gasteiger partial charge in [0, 0.05) is 16.8 Å². The van der Waals surface area contributed by atoms with Gasteiger partial charge in [0.25, 0.3) is 5.91 Å². The van der Waals surface area contributed by atoms with Crippen molar-refractivity contribution in [1.82, 2.24) is 0 Å². The first kappa shape index (κ1) is 15.8. The Balaban J connectivity index is 1.80. The number of furan rings is 1. The molecule has 1 heterocycles. The molecule has 0 fully saturated rings. The maximum Gasteiger partial charge on any atom is 0.255 e. The number of rotatable bonds is 5. The van der Waals surface area contributed by atoms with Gasteiger partial charge < -0.3 is 19.6 Å². The highest BCUT2D eigenvalue weighted by molar-refractivity contribution is 6.04. The van der Waals surface area contributed by atoms with Gasteiger partial charge in [0.1, 0.15) is 23.9 Å². The number of anilines is 1. The lowest BCUT2D eigenvalue weighted by molar-refractivity contribution is 0.102. The number of ether oxygens (including phenoxy) is 1. The predicted octanol–water partition coefficient (Wildman–Crippen LogP) is 3.70. The Morgan fingerprint density at radius 3 is 2.71 bits per heavy atom. The van der Waals surface area contributed by atoms with Crippen molar-refractivity contribution in [2.24, 2.45) is 0 Å². The fraction of sp³-hybridized carbons (Fsp3) is 0.105. The summed E-state index contributed by atoms with van der Waals surface area (Å²) in [4.78, 5) is 12.4. The molecular weight excluding hydrogens is 306 g/mol. The summed E-state index contributed by atoms with van der Waals surface area (Å²) in [5.41, 5.74) is 1.99. The van der Waals surface area contributed by atoms with E-state index < -0.39 is 0 Å². The van der Waals surface area contributed by atoms with Gasteiger partial charge in [-0.3, -0.25) is 4.79 Å². The topological polar surface area (TPSA) is 71.7 Å². The molecule has 0 saturated carbocycles. The largest absolute Gasteiger partial charge is 0.497 e. The van der Waals surface area contributed by atoms with Gasteiger partial charge in [-0.1, -0.05) is 18.2 Å². The molecule has 0 spiro atoms. The van der Waals surface area contributed by atoms with Gasteiger partial charge >= 0.3 is 0 Å². The van der Waals surface area contributed by atoms with Gasteiger partial charge in [-0.25, -0.2) is 0 Å². The summed E-state index contributed by atoms with van der Waals surface area (Å²) < 4.78 is 10.6. The van der Waals surface area contributed by atoms with Crippen molar-refractivity contribution in [3.63, 3.8) is 0 Å². The van der Waals surface area contributed by atoms with Crippen LogP contribution in [0.3, 0.4) is 0 Å². The van der Waals surface area contributed by atoms with Crippen LogP contribution in [0.4, 0.5) is 5.69 Å². The van der Waals surface area contributed by atoms with Crippen LogP contribution in [0.25, 0.3) is 11.3 Å². The summed E-state index contributed by atoms with van der Waals surface area (Å²) in [6.45, 7) is -0.147. The van der Waals surface area contributed by atoms with Crippen LogP contribution >= 0.6 is 0 Å². The number of amides is 1. The summed E-state index contributed by atoms with van der Waals surface area (Å²) in [6.07, 6.45) is 0. The normalized spacial score (nSPS) is 10.4. The lowest BCUT2D eigenvalue weighted by atomic mass is 10.1. The zero-order chi connectivity index (χ0) is 16.9. The highest BCUT2D eigenvalue weighted by Gasteiger charge is 2.09. The highest BCUT2D eigenvalue weighted by atomic mass is 16.5. The van der Waals surface area contributed by atoms with Crippen LogP contribution in [0, 0.1) is 0 Å². The molecule has 5 nitrogen and oxygen atoms in total. The van der Waals surface area contributed by atoms with Crippen LogP contribution in [0.1, 0.15) is 16.1 Å². The molecule has 0 atom stereocenters.